The predicted octanol–water partition coefficient (Wildman–Crippen LogP) is 3.06. The molecule has 2 heterocycles. The van der Waals surface area contributed by atoms with E-state index in [1.165, 1.54) is 10.5 Å². The molecular formula is C15H18F3N3O. The Kier molecular flexibility index (Phi) is 4.17. The highest BCUT2D eigenvalue weighted by molar-refractivity contribution is 5.81. The van der Waals surface area contributed by atoms with Crippen LogP contribution >= 0.6 is 0 Å². The van der Waals surface area contributed by atoms with E-state index < -0.39 is 17.2 Å². The fourth-order valence-corrected chi connectivity index (χ4v) is 1.90. The van der Waals surface area contributed by atoms with Crippen LogP contribution in [0.15, 0.2) is 24.5 Å². The van der Waals surface area contributed by atoms with Gasteiger partial charge in [-0.15, -0.1) is 0 Å². The van der Waals surface area contributed by atoms with Crippen molar-refractivity contribution in [1.29, 1.82) is 0 Å². The van der Waals surface area contributed by atoms with Crippen LogP contribution in [0.2, 0.25) is 0 Å². The smallest absolute Gasteiger partial charge is 0.355 e. The van der Waals surface area contributed by atoms with Gasteiger partial charge in [-0.2, -0.15) is 13.2 Å². The first-order valence-electron chi connectivity index (χ1n) is 6.90. The van der Waals surface area contributed by atoms with Gasteiger partial charge in [0.25, 0.3) is 0 Å². The zero-order valence-corrected chi connectivity index (χ0v) is 12.7. The Morgan fingerprint density at radius 2 is 1.91 bits per heavy atom. The lowest BCUT2D eigenvalue weighted by molar-refractivity contribution is -0.137. The van der Waals surface area contributed by atoms with Crippen LogP contribution in [0, 0.1) is 5.41 Å². The van der Waals surface area contributed by atoms with Crippen molar-refractivity contribution in [2.24, 2.45) is 5.41 Å². The molecule has 1 N–H and O–H groups in total. The lowest BCUT2D eigenvalue weighted by atomic mass is 9.96. The predicted molar refractivity (Wildman–Crippen MR) is 76.4 cm³/mol. The lowest BCUT2D eigenvalue weighted by Gasteiger charge is -2.17. The minimum absolute atomic E-state index is 0.0735. The van der Waals surface area contributed by atoms with E-state index in [-0.39, 0.29) is 5.91 Å². The van der Waals surface area contributed by atoms with Gasteiger partial charge in [0.1, 0.15) is 5.65 Å². The Hall–Kier alpha value is -2.05. The van der Waals surface area contributed by atoms with Crippen LogP contribution in [0.4, 0.5) is 13.2 Å². The summed E-state index contributed by atoms with van der Waals surface area (Å²) in [6, 6.07) is 2.34. The average molecular weight is 313 g/mol. The van der Waals surface area contributed by atoms with Crippen LogP contribution in [0.1, 0.15) is 32.0 Å². The molecular weight excluding hydrogens is 295 g/mol. The molecule has 0 aromatic carbocycles. The van der Waals surface area contributed by atoms with Crippen molar-refractivity contribution in [3.05, 3.63) is 35.8 Å². The second-order valence-corrected chi connectivity index (χ2v) is 6.17. The van der Waals surface area contributed by atoms with Gasteiger partial charge in [-0.25, -0.2) is 4.98 Å². The largest absolute Gasteiger partial charge is 0.417 e. The molecule has 1 amide bonds. The fourth-order valence-electron chi connectivity index (χ4n) is 1.90. The van der Waals surface area contributed by atoms with Crippen LogP contribution in [-0.4, -0.2) is 21.8 Å². The minimum atomic E-state index is -4.38. The Morgan fingerprint density at radius 1 is 1.23 bits per heavy atom. The SMILES string of the molecule is CC(C)(C)C(=O)NCCc1cn2cc(C(F)(F)F)ccc2n1. The van der Waals surface area contributed by atoms with Crippen LogP contribution in [0.3, 0.4) is 0 Å². The number of imidazole rings is 1. The zero-order valence-electron chi connectivity index (χ0n) is 12.7. The first kappa shape index (κ1) is 16.3. The number of amides is 1. The molecule has 0 unspecified atom stereocenters. The van der Waals surface area contributed by atoms with Gasteiger partial charge in [-0.1, -0.05) is 20.8 Å². The number of hydrogen-bond donors (Lipinski definition) is 1. The summed E-state index contributed by atoms with van der Waals surface area (Å²) in [5.41, 5.74) is -0.107. The molecule has 4 nitrogen and oxygen atoms in total. The highest BCUT2D eigenvalue weighted by Gasteiger charge is 2.30. The number of hydrogen-bond acceptors (Lipinski definition) is 2. The van der Waals surface area contributed by atoms with Crippen molar-refractivity contribution in [3.63, 3.8) is 0 Å². The number of carbonyl (C=O) groups excluding carboxylic acids is 1. The summed E-state index contributed by atoms with van der Waals surface area (Å²) in [7, 11) is 0. The molecule has 2 aromatic rings. The van der Waals surface area contributed by atoms with Gasteiger partial charge in [-0.3, -0.25) is 4.79 Å². The maximum Gasteiger partial charge on any atom is 0.417 e. The third-order valence-electron chi connectivity index (χ3n) is 3.18. The van der Waals surface area contributed by atoms with E-state index in [9.17, 15) is 18.0 Å². The van der Waals surface area contributed by atoms with Gasteiger partial charge >= 0.3 is 6.18 Å². The quantitative estimate of drug-likeness (QED) is 0.946. The van der Waals surface area contributed by atoms with Crippen molar-refractivity contribution >= 4 is 11.6 Å². The van der Waals surface area contributed by atoms with E-state index in [1.807, 2.05) is 20.8 Å². The molecule has 22 heavy (non-hydrogen) atoms. The van der Waals surface area contributed by atoms with Crippen LogP contribution in [-0.2, 0) is 17.4 Å². The standard InChI is InChI=1S/C15H18F3N3O/c1-14(2,3)13(22)19-7-6-11-9-21-8-10(15(16,17)18)4-5-12(21)20-11/h4-5,8-9H,6-7H2,1-3H3,(H,19,22). The number of nitrogens with zero attached hydrogens (tertiary/aromatic N) is 2. The van der Waals surface area contributed by atoms with Gasteiger partial charge in [0.15, 0.2) is 0 Å². The van der Waals surface area contributed by atoms with E-state index >= 15 is 0 Å². The normalized spacial score (nSPS) is 12.6. The van der Waals surface area contributed by atoms with Crippen molar-refractivity contribution in [1.82, 2.24) is 14.7 Å². The summed E-state index contributed by atoms with van der Waals surface area (Å²) in [6.45, 7) is 5.83. The highest BCUT2D eigenvalue weighted by atomic mass is 19.4. The third-order valence-corrected chi connectivity index (χ3v) is 3.18. The maximum atomic E-state index is 12.6. The van der Waals surface area contributed by atoms with Crippen molar-refractivity contribution in [2.45, 2.75) is 33.4 Å². The molecule has 2 rings (SSSR count). The monoisotopic (exact) mass is 313 g/mol. The molecule has 0 fully saturated rings. The molecule has 0 atom stereocenters. The molecule has 0 aliphatic rings. The average Bonchev–Trinajstić information content (AvgIpc) is 2.77. The summed E-state index contributed by atoms with van der Waals surface area (Å²) in [4.78, 5) is 16.0. The van der Waals surface area contributed by atoms with Crippen LogP contribution in [0.5, 0.6) is 0 Å². The van der Waals surface area contributed by atoms with Gasteiger partial charge in [-0.05, 0) is 12.1 Å². The van der Waals surface area contributed by atoms with Crippen molar-refractivity contribution in [2.75, 3.05) is 6.54 Å². The molecule has 0 bridgehead atoms. The summed E-state index contributed by atoms with van der Waals surface area (Å²) in [5.74, 6) is -0.0735. The highest BCUT2D eigenvalue weighted by Crippen LogP contribution is 2.29. The number of halogens is 3. The van der Waals surface area contributed by atoms with E-state index in [1.54, 1.807) is 6.20 Å². The number of fused-ring (bicyclic) bond motifs is 1. The number of nitrogens with one attached hydrogen (secondary N) is 1. The zero-order chi connectivity index (χ0) is 16.5. The second kappa shape index (κ2) is 5.62. The van der Waals surface area contributed by atoms with Crippen LogP contribution in [0.25, 0.3) is 5.65 Å². The van der Waals surface area contributed by atoms with E-state index in [4.69, 9.17) is 0 Å². The first-order chi connectivity index (χ1) is 10.1. The van der Waals surface area contributed by atoms with Gasteiger partial charge < -0.3 is 9.72 Å². The Morgan fingerprint density at radius 3 is 2.50 bits per heavy atom. The lowest BCUT2D eigenvalue weighted by Crippen LogP contribution is -2.35. The fraction of sp³-hybridized carbons (Fsp3) is 0.467. The summed E-state index contributed by atoms with van der Waals surface area (Å²) in [5, 5.41) is 2.78. The van der Waals surface area contributed by atoms with E-state index in [0.29, 0.717) is 24.3 Å². The minimum Gasteiger partial charge on any atom is -0.355 e. The van der Waals surface area contributed by atoms with Gasteiger partial charge in [0.2, 0.25) is 5.91 Å². The molecule has 0 radical (unpaired) electrons. The third kappa shape index (κ3) is 3.78. The molecule has 7 heteroatoms. The van der Waals surface area contributed by atoms with Crippen molar-refractivity contribution in [3.8, 4) is 0 Å². The summed E-state index contributed by atoms with van der Waals surface area (Å²) in [6.07, 6.45) is -1.35. The van der Waals surface area contributed by atoms with E-state index in [0.717, 1.165) is 12.3 Å². The molecule has 120 valence electrons. The van der Waals surface area contributed by atoms with Crippen LogP contribution < -0.4 is 5.32 Å². The molecule has 0 saturated carbocycles. The number of rotatable bonds is 3. The number of aromatic nitrogens is 2. The second-order valence-electron chi connectivity index (χ2n) is 6.17. The summed E-state index contributed by atoms with van der Waals surface area (Å²) >= 11 is 0. The topological polar surface area (TPSA) is 46.4 Å². The molecule has 0 aliphatic carbocycles. The van der Waals surface area contributed by atoms with Gasteiger partial charge in [0, 0.05) is 30.8 Å². The number of alkyl halides is 3. The molecule has 0 saturated heterocycles. The first-order valence-corrected chi connectivity index (χ1v) is 6.90. The summed E-state index contributed by atoms with van der Waals surface area (Å²) < 4.78 is 39.3. The van der Waals surface area contributed by atoms with Gasteiger partial charge in [0.05, 0.1) is 11.3 Å². The van der Waals surface area contributed by atoms with Crippen molar-refractivity contribution < 1.29 is 18.0 Å². The maximum absolute atomic E-state index is 12.6. The number of pyridine rings is 1. The Labute approximate surface area is 126 Å². The number of carbonyl (C=O) groups is 1. The Bertz CT molecular complexity index is 683. The molecule has 0 aliphatic heterocycles. The Balaban J connectivity index is 2.06. The van der Waals surface area contributed by atoms with E-state index in [2.05, 4.69) is 10.3 Å². The molecule has 2 aromatic heterocycles. The molecule has 0 spiro atoms.